The SMILES string of the molecule is CC(S)c1cc(I)cc(I)c1I. The van der Waals surface area contributed by atoms with Gasteiger partial charge in [0.05, 0.1) is 0 Å². The number of halogens is 3. The fraction of sp³-hybridized carbons (Fsp3) is 0.250. The van der Waals surface area contributed by atoms with Crippen molar-refractivity contribution in [2.75, 3.05) is 0 Å². The fourth-order valence-electron chi connectivity index (χ4n) is 0.880. The zero-order valence-electron chi connectivity index (χ0n) is 6.31. The zero-order valence-corrected chi connectivity index (χ0v) is 13.7. The summed E-state index contributed by atoms with van der Waals surface area (Å²) in [6.07, 6.45) is 0. The van der Waals surface area contributed by atoms with E-state index in [1.165, 1.54) is 16.3 Å². The van der Waals surface area contributed by atoms with Crippen LogP contribution in [-0.2, 0) is 0 Å². The summed E-state index contributed by atoms with van der Waals surface area (Å²) in [5.41, 5.74) is 1.33. The van der Waals surface area contributed by atoms with Crippen molar-refractivity contribution < 1.29 is 0 Å². The highest BCUT2D eigenvalue weighted by Crippen LogP contribution is 2.29. The first-order valence-electron chi connectivity index (χ1n) is 3.35. The van der Waals surface area contributed by atoms with Crippen molar-refractivity contribution in [3.8, 4) is 0 Å². The van der Waals surface area contributed by atoms with Gasteiger partial charge in [-0.05, 0) is 92.4 Å². The number of hydrogen-bond donors (Lipinski definition) is 1. The average molecular weight is 516 g/mol. The van der Waals surface area contributed by atoms with Gasteiger partial charge in [-0.2, -0.15) is 12.6 Å². The van der Waals surface area contributed by atoms with E-state index < -0.39 is 0 Å². The summed E-state index contributed by atoms with van der Waals surface area (Å²) < 4.78 is 3.93. The minimum absolute atomic E-state index is 0.320. The molecule has 66 valence electrons. The maximum Gasteiger partial charge on any atom is 0.0307 e. The van der Waals surface area contributed by atoms with E-state index in [9.17, 15) is 0 Å². The number of thiol groups is 1. The number of rotatable bonds is 1. The second kappa shape index (κ2) is 5.01. The highest BCUT2D eigenvalue weighted by molar-refractivity contribution is 14.1. The van der Waals surface area contributed by atoms with Gasteiger partial charge in [-0.15, -0.1) is 0 Å². The minimum atomic E-state index is 0.320. The highest BCUT2D eigenvalue weighted by Gasteiger charge is 2.08. The van der Waals surface area contributed by atoms with E-state index in [1.54, 1.807) is 0 Å². The van der Waals surface area contributed by atoms with Crippen LogP contribution >= 0.6 is 80.4 Å². The van der Waals surface area contributed by atoms with Crippen molar-refractivity contribution >= 4 is 80.4 Å². The molecule has 0 saturated heterocycles. The van der Waals surface area contributed by atoms with Crippen molar-refractivity contribution in [3.63, 3.8) is 0 Å². The molecule has 0 aliphatic rings. The number of benzene rings is 1. The maximum atomic E-state index is 4.44. The molecular weight excluding hydrogens is 509 g/mol. The molecule has 0 amide bonds. The molecule has 0 saturated carbocycles. The maximum absolute atomic E-state index is 4.44. The molecule has 0 fully saturated rings. The second-order valence-corrected chi connectivity index (χ2v) is 6.73. The number of hydrogen-bond acceptors (Lipinski definition) is 1. The van der Waals surface area contributed by atoms with E-state index in [0.717, 1.165) is 0 Å². The van der Waals surface area contributed by atoms with Crippen LogP contribution in [0.3, 0.4) is 0 Å². The van der Waals surface area contributed by atoms with Gasteiger partial charge < -0.3 is 0 Å². The molecule has 0 nitrogen and oxygen atoms in total. The summed E-state index contributed by atoms with van der Waals surface area (Å²) in [5, 5.41) is 0.320. The third-order valence-electron chi connectivity index (χ3n) is 1.47. The molecule has 0 aliphatic carbocycles. The molecule has 0 radical (unpaired) electrons. The van der Waals surface area contributed by atoms with Crippen molar-refractivity contribution in [1.82, 2.24) is 0 Å². The Labute approximate surface area is 119 Å². The van der Waals surface area contributed by atoms with Gasteiger partial charge in [0, 0.05) is 16.0 Å². The molecule has 1 aromatic carbocycles. The lowest BCUT2D eigenvalue weighted by atomic mass is 10.2. The quantitative estimate of drug-likeness (QED) is 0.318. The van der Waals surface area contributed by atoms with Crippen LogP contribution in [0.25, 0.3) is 0 Å². The predicted octanol–water partition coefficient (Wildman–Crippen LogP) is 4.49. The van der Waals surface area contributed by atoms with E-state index in [-0.39, 0.29) is 0 Å². The molecule has 0 N–H and O–H groups in total. The molecule has 0 aliphatic heterocycles. The molecule has 12 heavy (non-hydrogen) atoms. The van der Waals surface area contributed by atoms with Crippen molar-refractivity contribution in [2.45, 2.75) is 12.2 Å². The first-order valence-corrected chi connectivity index (χ1v) is 7.10. The lowest BCUT2D eigenvalue weighted by Gasteiger charge is -2.09. The van der Waals surface area contributed by atoms with E-state index in [1.807, 2.05) is 0 Å². The topological polar surface area (TPSA) is 0 Å². The smallest absolute Gasteiger partial charge is 0.0307 e. The van der Waals surface area contributed by atoms with Gasteiger partial charge in [-0.1, -0.05) is 0 Å². The van der Waals surface area contributed by atoms with Gasteiger partial charge in [0.1, 0.15) is 0 Å². The Balaban J connectivity index is 3.28. The van der Waals surface area contributed by atoms with Crippen LogP contribution in [-0.4, -0.2) is 0 Å². The standard InChI is InChI=1S/C8H7I3S/c1-4(12)6-2-5(9)3-7(10)8(6)11/h2-4,12H,1H3. The first kappa shape index (κ1) is 11.8. The summed E-state index contributed by atoms with van der Waals surface area (Å²) in [7, 11) is 0. The van der Waals surface area contributed by atoms with Gasteiger partial charge in [-0.3, -0.25) is 0 Å². The van der Waals surface area contributed by atoms with Gasteiger partial charge in [0.15, 0.2) is 0 Å². The Morgan fingerprint density at radius 3 is 2.33 bits per heavy atom. The molecule has 0 spiro atoms. The summed E-state index contributed by atoms with van der Waals surface area (Å²) in [6, 6.07) is 4.38. The van der Waals surface area contributed by atoms with Gasteiger partial charge in [-0.25, -0.2) is 0 Å². The van der Waals surface area contributed by atoms with Crippen molar-refractivity contribution in [2.24, 2.45) is 0 Å². The minimum Gasteiger partial charge on any atom is -0.171 e. The van der Waals surface area contributed by atoms with Crippen molar-refractivity contribution in [3.05, 3.63) is 28.4 Å². The Bertz CT molecular complexity index is 297. The van der Waals surface area contributed by atoms with E-state index >= 15 is 0 Å². The second-order valence-electron chi connectivity index (χ2n) is 2.47. The summed E-state index contributed by atoms with van der Waals surface area (Å²) in [5.74, 6) is 0. The van der Waals surface area contributed by atoms with Crippen LogP contribution in [0.2, 0.25) is 0 Å². The van der Waals surface area contributed by atoms with Crippen LogP contribution < -0.4 is 0 Å². The molecule has 0 heterocycles. The molecule has 1 atom stereocenters. The molecule has 1 aromatic rings. The normalized spacial score (nSPS) is 13.1. The summed E-state index contributed by atoms with van der Waals surface area (Å²) >= 11 is 11.5. The van der Waals surface area contributed by atoms with Crippen LogP contribution in [0, 0.1) is 10.7 Å². The lowest BCUT2D eigenvalue weighted by molar-refractivity contribution is 1.09. The Hall–Kier alpha value is 1.76. The Morgan fingerprint density at radius 1 is 1.25 bits per heavy atom. The third-order valence-corrected chi connectivity index (χ3v) is 5.46. The molecule has 4 heteroatoms. The predicted molar refractivity (Wildman–Crippen MR) is 82.0 cm³/mol. The fourth-order valence-corrected chi connectivity index (χ4v) is 4.00. The summed E-state index contributed by atoms with van der Waals surface area (Å²) in [6.45, 7) is 2.10. The molecular formula is C8H7I3S. The Kier molecular flexibility index (Phi) is 4.94. The largest absolute Gasteiger partial charge is 0.171 e. The monoisotopic (exact) mass is 516 g/mol. The lowest BCUT2D eigenvalue weighted by Crippen LogP contribution is -1.93. The average Bonchev–Trinajstić information content (AvgIpc) is 1.96. The first-order chi connectivity index (χ1) is 5.52. The van der Waals surface area contributed by atoms with Crippen LogP contribution in [0.1, 0.15) is 17.7 Å². The molecule has 1 unspecified atom stereocenters. The van der Waals surface area contributed by atoms with Gasteiger partial charge >= 0.3 is 0 Å². The Morgan fingerprint density at radius 2 is 1.83 bits per heavy atom. The van der Waals surface area contributed by atoms with Gasteiger partial charge in [0.2, 0.25) is 0 Å². The van der Waals surface area contributed by atoms with Crippen LogP contribution in [0.4, 0.5) is 0 Å². The molecule has 0 bridgehead atoms. The summed E-state index contributed by atoms with van der Waals surface area (Å²) in [4.78, 5) is 0. The van der Waals surface area contributed by atoms with Crippen molar-refractivity contribution in [1.29, 1.82) is 0 Å². The van der Waals surface area contributed by atoms with E-state index in [0.29, 0.717) is 5.25 Å². The molecule has 0 aromatic heterocycles. The van der Waals surface area contributed by atoms with Crippen LogP contribution in [0.15, 0.2) is 12.1 Å². The zero-order chi connectivity index (χ0) is 9.30. The van der Waals surface area contributed by atoms with E-state index in [4.69, 9.17) is 0 Å². The van der Waals surface area contributed by atoms with Gasteiger partial charge in [0.25, 0.3) is 0 Å². The highest BCUT2D eigenvalue weighted by atomic mass is 127. The third kappa shape index (κ3) is 2.88. The van der Waals surface area contributed by atoms with E-state index in [2.05, 4.69) is 99.5 Å². The molecule has 1 rings (SSSR count). The van der Waals surface area contributed by atoms with Crippen LogP contribution in [0.5, 0.6) is 0 Å².